The van der Waals surface area contributed by atoms with E-state index in [-0.39, 0.29) is 18.8 Å². The number of carbonyl (C=O) groups excluding carboxylic acids is 2. The first-order chi connectivity index (χ1) is 11.0. The topological polar surface area (TPSA) is 82.1 Å². The lowest BCUT2D eigenvalue weighted by Crippen LogP contribution is -2.34. The summed E-state index contributed by atoms with van der Waals surface area (Å²) in [6, 6.07) is 7.15. The number of ether oxygens (including phenoxy) is 1. The summed E-state index contributed by atoms with van der Waals surface area (Å²) in [5, 5.41) is 11.8. The van der Waals surface area contributed by atoms with Gasteiger partial charge in [0.15, 0.2) is 0 Å². The van der Waals surface area contributed by atoms with Gasteiger partial charge in [-0.2, -0.15) is 0 Å². The Labute approximate surface area is 135 Å². The van der Waals surface area contributed by atoms with Crippen molar-refractivity contribution in [1.82, 2.24) is 9.80 Å². The van der Waals surface area contributed by atoms with Crippen molar-refractivity contribution in [2.45, 2.75) is 0 Å². The SMILES string of the molecule is CN(C)CCOc1ccc(NC2=CC(=O)N(CCO)C2=O)cc1. The average molecular weight is 319 g/mol. The lowest BCUT2D eigenvalue weighted by molar-refractivity contribution is -0.137. The Kier molecular flexibility index (Phi) is 5.72. The predicted molar refractivity (Wildman–Crippen MR) is 86.0 cm³/mol. The smallest absolute Gasteiger partial charge is 0.277 e. The van der Waals surface area contributed by atoms with Crippen LogP contribution in [0.5, 0.6) is 5.75 Å². The second kappa shape index (κ2) is 7.75. The van der Waals surface area contributed by atoms with Crippen molar-refractivity contribution in [2.24, 2.45) is 0 Å². The molecule has 1 aromatic carbocycles. The van der Waals surface area contributed by atoms with E-state index in [1.165, 1.54) is 6.08 Å². The lowest BCUT2D eigenvalue weighted by Gasteiger charge is -2.14. The van der Waals surface area contributed by atoms with Gasteiger partial charge in [-0.1, -0.05) is 0 Å². The Hall–Kier alpha value is -2.38. The summed E-state index contributed by atoms with van der Waals surface area (Å²) in [4.78, 5) is 26.7. The summed E-state index contributed by atoms with van der Waals surface area (Å²) < 4.78 is 5.59. The van der Waals surface area contributed by atoms with E-state index < -0.39 is 11.8 Å². The fourth-order valence-electron chi connectivity index (χ4n) is 2.05. The van der Waals surface area contributed by atoms with Crippen LogP contribution in [0, 0.1) is 0 Å². The molecule has 0 saturated carbocycles. The number of imide groups is 1. The molecule has 2 amide bonds. The van der Waals surface area contributed by atoms with Crippen molar-refractivity contribution in [2.75, 3.05) is 45.7 Å². The fourth-order valence-corrected chi connectivity index (χ4v) is 2.05. The van der Waals surface area contributed by atoms with Crippen molar-refractivity contribution >= 4 is 17.5 Å². The maximum Gasteiger partial charge on any atom is 0.277 e. The molecular formula is C16H21N3O4. The number of rotatable bonds is 8. The number of aliphatic hydroxyl groups excluding tert-OH is 1. The van der Waals surface area contributed by atoms with Crippen LogP contribution >= 0.6 is 0 Å². The van der Waals surface area contributed by atoms with Gasteiger partial charge in [0.1, 0.15) is 18.1 Å². The zero-order valence-electron chi connectivity index (χ0n) is 13.3. The first-order valence-electron chi connectivity index (χ1n) is 7.34. The number of likely N-dealkylation sites (N-methyl/N-ethyl adjacent to an activating group) is 1. The van der Waals surface area contributed by atoms with Gasteiger partial charge in [0.25, 0.3) is 11.8 Å². The molecular weight excluding hydrogens is 298 g/mol. The first-order valence-corrected chi connectivity index (χ1v) is 7.34. The number of β-amino-alcohol motifs (C(OH)–C–C–N with tert-alkyl or cyclic N) is 1. The molecule has 2 rings (SSSR count). The molecule has 1 heterocycles. The third-order valence-electron chi connectivity index (χ3n) is 3.27. The molecule has 0 unspecified atom stereocenters. The number of carbonyl (C=O) groups is 2. The van der Waals surface area contributed by atoms with E-state index in [4.69, 9.17) is 9.84 Å². The van der Waals surface area contributed by atoms with Crippen molar-refractivity contribution in [3.8, 4) is 5.75 Å². The molecule has 2 N–H and O–H groups in total. The zero-order chi connectivity index (χ0) is 16.8. The van der Waals surface area contributed by atoms with Crippen LogP contribution in [0.25, 0.3) is 0 Å². The van der Waals surface area contributed by atoms with Crippen LogP contribution in [0.4, 0.5) is 5.69 Å². The Morgan fingerprint density at radius 3 is 2.52 bits per heavy atom. The van der Waals surface area contributed by atoms with E-state index >= 15 is 0 Å². The van der Waals surface area contributed by atoms with Gasteiger partial charge in [0.05, 0.1) is 13.2 Å². The normalized spacial score (nSPS) is 14.4. The van der Waals surface area contributed by atoms with Gasteiger partial charge in [0, 0.05) is 18.3 Å². The second-order valence-electron chi connectivity index (χ2n) is 5.38. The number of nitrogens with one attached hydrogen (secondary N) is 1. The van der Waals surface area contributed by atoms with E-state index in [0.717, 1.165) is 17.2 Å². The standard InChI is InChI=1S/C16H21N3O4/c1-18(2)8-10-23-13-5-3-12(4-6-13)17-14-11-15(21)19(7-9-20)16(14)22/h3-6,11,17,20H,7-10H2,1-2H3. The van der Waals surface area contributed by atoms with E-state index in [9.17, 15) is 9.59 Å². The highest BCUT2D eigenvalue weighted by molar-refractivity contribution is 6.17. The minimum atomic E-state index is -0.435. The van der Waals surface area contributed by atoms with Gasteiger partial charge in [0.2, 0.25) is 0 Å². The molecule has 0 atom stereocenters. The summed E-state index contributed by atoms with van der Waals surface area (Å²) in [6.45, 7) is 1.16. The van der Waals surface area contributed by atoms with Crippen LogP contribution in [-0.2, 0) is 9.59 Å². The minimum Gasteiger partial charge on any atom is -0.492 e. The summed E-state index contributed by atoms with van der Waals surface area (Å²) in [5.74, 6) is -0.118. The highest BCUT2D eigenvalue weighted by Crippen LogP contribution is 2.20. The predicted octanol–water partition coefficient (Wildman–Crippen LogP) is 0.284. The molecule has 1 aliphatic heterocycles. The molecule has 0 aliphatic carbocycles. The third kappa shape index (κ3) is 4.54. The Balaban J connectivity index is 1.92. The summed E-state index contributed by atoms with van der Waals surface area (Å²) in [7, 11) is 3.95. The van der Waals surface area contributed by atoms with Gasteiger partial charge < -0.3 is 20.1 Å². The molecule has 1 aliphatic rings. The molecule has 124 valence electrons. The summed E-state index contributed by atoms with van der Waals surface area (Å²) in [5.41, 5.74) is 0.882. The quantitative estimate of drug-likeness (QED) is 0.670. The Morgan fingerprint density at radius 2 is 1.91 bits per heavy atom. The summed E-state index contributed by atoms with van der Waals surface area (Å²) >= 11 is 0. The van der Waals surface area contributed by atoms with E-state index in [1.807, 2.05) is 19.0 Å². The summed E-state index contributed by atoms with van der Waals surface area (Å²) in [6.07, 6.45) is 1.24. The highest BCUT2D eigenvalue weighted by atomic mass is 16.5. The molecule has 7 heteroatoms. The Morgan fingerprint density at radius 1 is 1.22 bits per heavy atom. The number of anilines is 1. The highest BCUT2D eigenvalue weighted by Gasteiger charge is 2.30. The third-order valence-corrected chi connectivity index (χ3v) is 3.27. The van der Waals surface area contributed by atoms with Crippen LogP contribution in [-0.4, -0.2) is 67.1 Å². The number of hydrogen-bond donors (Lipinski definition) is 2. The van der Waals surface area contributed by atoms with Crippen LogP contribution in [0.2, 0.25) is 0 Å². The van der Waals surface area contributed by atoms with Crippen LogP contribution in [0.3, 0.4) is 0 Å². The first kappa shape index (κ1) is 17.0. The van der Waals surface area contributed by atoms with Gasteiger partial charge in [-0.05, 0) is 38.4 Å². The monoisotopic (exact) mass is 319 g/mol. The van der Waals surface area contributed by atoms with Crippen molar-refractivity contribution < 1.29 is 19.4 Å². The number of aliphatic hydroxyl groups is 1. The number of amides is 2. The van der Waals surface area contributed by atoms with Gasteiger partial charge in [-0.15, -0.1) is 0 Å². The molecule has 23 heavy (non-hydrogen) atoms. The molecule has 0 saturated heterocycles. The molecule has 0 fully saturated rings. The van der Waals surface area contributed by atoms with Gasteiger partial charge >= 0.3 is 0 Å². The van der Waals surface area contributed by atoms with Crippen molar-refractivity contribution in [1.29, 1.82) is 0 Å². The van der Waals surface area contributed by atoms with Crippen LogP contribution < -0.4 is 10.1 Å². The minimum absolute atomic E-state index is 0.00198. The maximum absolute atomic E-state index is 12.0. The maximum atomic E-state index is 12.0. The molecule has 7 nitrogen and oxygen atoms in total. The van der Waals surface area contributed by atoms with E-state index in [0.29, 0.717) is 12.3 Å². The second-order valence-corrected chi connectivity index (χ2v) is 5.38. The van der Waals surface area contributed by atoms with E-state index in [2.05, 4.69) is 5.32 Å². The fraction of sp³-hybridized carbons (Fsp3) is 0.375. The largest absolute Gasteiger partial charge is 0.492 e. The molecule has 0 radical (unpaired) electrons. The van der Waals surface area contributed by atoms with Crippen LogP contribution in [0.1, 0.15) is 0 Å². The zero-order valence-corrected chi connectivity index (χ0v) is 13.3. The number of nitrogens with zero attached hydrogens (tertiary/aromatic N) is 2. The lowest BCUT2D eigenvalue weighted by atomic mass is 10.3. The number of benzene rings is 1. The molecule has 0 bridgehead atoms. The van der Waals surface area contributed by atoms with Crippen LogP contribution in [0.15, 0.2) is 36.0 Å². The van der Waals surface area contributed by atoms with Crippen molar-refractivity contribution in [3.63, 3.8) is 0 Å². The Bertz CT molecular complexity index is 596. The molecule has 1 aromatic rings. The van der Waals surface area contributed by atoms with Gasteiger partial charge in [-0.25, -0.2) is 0 Å². The number of hydrogen-bond acceptors (Lipinski definition) is 6. The van der Waals surface area contributed by atoms with Gasteiger partial charge in [-0.3, -0.25) is 14.5 Å². The van der Waals surface area contributed by atoms with E-state index in [1.54, 1.807) is 24.3 Å². The van der Waals surface area contributed by atoms with Crippen molar-refractivity contribution in [3.05, 3.63) is 36.0 Å². The molecule has 0 aromatic heterocycles. The molecule has 0 spiro atoms. The average Bonchev–Trinajstić information content (AvgIpc) is 2.77.